The fourth-order valence-electron chi connectivity index (χ4n) is 6.29. The van der Waals surface area contributed by atoms with E-state index in [1.807, 2.05) is 6.08 Å². The van der Waals surface area contributed by atoms with Crippen molar-refractivity contribution in [1.82, 2.24) is 4.90 Å². The van der Waals surface area contributed by atoms with Crippen LogP contribution in [0.25, 0.3) is 0 Å². The number of ketones is 1. The lowest BCUT2D eigenvalue weighted by Gasteiger charge is -2.50. The first-order valence-electron chi connectivity index (χ1n) is 9.10. The third-order valence-electron chi connectivity index (χ3n) is 7.18. The maximum atomic E-state index is 13.0. The number of ether oxygens (including phenoxy) is 1. The Labute approximate surface area is 147 Å². The van der Waals surface area contributed by atoms with Gasteiger partial charge in [0.15, 0.2) is 5.78 Å². The van der Waals surface area contributed by atoms with Gasteiger partial charge in [0, 0.05) is 13.1 Å². The average Bonchev–Trinajstić information content (AvgIpc) is 2.99. The van der Waals surface area contributed by atoms with E-state index in [0.717, 1.165) is 43.6 Å². The van der Waals surface area contributed by atoms with E-state index in [9.17, 15) is 9.59 Å². The van der Waals surface area contributed by atoms with E-state index in [-0.39, 0.29) is 23.6 Å². The van der Waals surface area contributed by atoms with E-state index < -0.39 is 11.1 Å². The van der Waals surface area contributed by atoms with Gasteiger partial charge in [-0.3, -0.25) is 19.5 Å². The molecule has 5 atom stereocenters. The molecule has 130 valence electrons. The SMILES string of the molecule is C/C=C1\CN2CC[C@]34C5=CC(=O)C=CC5=N[C@]23CC[C@H]1[C@@H]4C(=O)OC. The first kappa shape index (κ1) is 15.3. The Morgan fingerprint density at radius 3 is 3.00 bits per heavy atom. The number of allylic oxidation sites excluding steroid dienone is 4. The van der Waals surface area contributed by atoms with Gasteiger partial charge in [-0.15, -0.1) is 0 Å². The molecule has 2 aliphatic carbocycles. The maximum Gasteiger partial charge on any atom is 0.310 e. The van der Waals surface area contributed by atoms with Gasteiger partial charge < -0.3 is 4.74 Å². The highest BCUT2D eigenvalue weighted by atomic mass is 16.5. The molecule has 5 nitrogen and oxygen atoms in total. The van der Waals surface area contributed by atoms with Crippen LogP contribution in [0.2, 0.25) is 0 Å². The molecular weight excluding hydrogens is 316 g/mol. The van der Waals surface area contributed by atoms with Gasteiger partial charge in [-0.05, 0) is 55.9 Å². The molecule has 5 heteroatoms. The van der Waals surface area contributed by atoms with Crippen molar-refractivity contribution in [3.8, 4) is 0 Å². The van der Waals surface area contributed by atoms with Crippen molar-refractivity contribution in [2.24, 2.45) is 22.2 Å². The van der Waals surface area contributed by atoms with Crippen LogP contribution in [0.4, 0.5) is 0 Å². The predicted octanol–water partition coefficient (Wildman–Crippen LogP) is 2.05. The molecular formula is C20H22N2O3. The monoisotopic (exact) mass is 338 g/mol. The number of carbonyl (C=O) groups excluding carboxylic acids is 2. The van der Waals surface area contributed by atoms with E-state index in [4.69, 9.17) is 9.73 Å². The number of carbonyl (C=O) groups is 2. The fourth-order valence-corrected chi connectivity index (χ4v) is 6.29. The number of fused-ring (bicyclic) bond motifs is 3. The second-order valence-corrected chi connectivity index (χ2v) is 7.76. The van der Waals surface area contributed by atoms with Crippen LogP contribution in [0.5, 0.6) is 0 Å². The molecule has 4 fully saturated rings. The zero-order chi connectivity index (χ0) is 17.4. The third kappa shape index (κ3) is 1.56. The van der Waals surface area contributed by atoms with Gasteiger partial charge in [-0.1, -0.05) is 11.6 Å². The lowest BCUT2D eigenvalue weighted by Crippen LogP contribution is -2.57. The van der Waals surface area contributed by atoms with Gasteiger partial charge in [0.25, 0.3) is 0 Å². The van der Waals surface area contributed by atoms with Crippen LogP contribution in [-0.4, -0.2) is 48.2 Å². The lowest BCUT2D eigenvalue weighted by molar-refractivity contribution is -0.156. The molecule has 0 aromatic carbocycles. The molecule has 4 aliphatic heterocycles. The van der Waals surface area contributed by atoms with Crippen molar-refractivity contribution in [3.05, 3.63) is 35.5 Å². The smallest absolute Gasteiger partial charge is 0.310 e. The Morgan fingerprint density at radius 1 is 1.40 bits per heavy atom. The number of aliphatic imine (C=N–C) groups is 1. The largest absolute Gasteiger partial charge is 0.469 e. The van der Waals surface area contributed by atoms with Crippen LogP contribution in [-0.2, 0) is 14.3 Å². The summed E-state index contributed by atoms with van der Waals surface area (Å²) in [6, 6.07) is 0. The summed E-state index contributed by atoms with van der Waals surface area (Å²) >= 11 is 0. The van der Waals surface area contributed by atoms with Gasteiger partial charge >= 0.3 is 5.97 Å². The van der Waals surface area contributed by atoms with E-state index in [1.165, 1.54) is 12.7 Å². The Morgan fingerprint density at radius 2 is 2.24 bits per heavy atom. The Bertz CT molecular complexity index is 821. The van der Waals surface area contributed by atoms with Gasteiger partial charge in [0.05, 0.1) is 24.2 Å². The highest BCUT2D eigenvalue weighted by Gasteiger charge is 2.74. The molecule has 0 aromatic heterocycles. The van der Waals surface area contributed by atoms with E-state index in [1.54, 1.807) is 12.2 Å². The number of nitrogens with zero attached hydrogens (tertiary/aromatic N) is 2. The molecule has 6 rings (SSSR count). The van der Waals surface area contributed by atoms with Crippen molar-refractivity contribution in [1.29, 1.82) is 0 Å². The quantitative estimate of drug-likeness (QED) is 0.417. The Kier molecular flexibility index (Phi) is 2.92. The number of hydrogen-bond donors (Lipinski definition) is 0. The normalized spacial score (nSPS) is 45.0. The van der Waals surface area contributed by atoms with Crippen LogP contribution in [0.3, 0.4) is 0 Å². The van der Waals surface area contributed by atoms with Crippen molar-refractivity contribution in [2.75, 3.05) is 20.2 Å². The van der Waals surface area contributed by atoms with Crippen molar-refractivity contribution in [3.63, 3.8) is 0 Å². The minimum absolute atomic E-state index is 0.00572. The highest BCUT2D eigenvalue weighted by Crippen LogP contribution is 2.69. The summed E-state index contributed by atoms with van der Waals surface area (Å²) in [5, 5.41) is 0. The summed E-state index contributed by atoms with van der Waals surface area (Å²) in [5.41, 5.74) is 2.35. The van der Waals surface area contributed by atoms with Crippen LogP contribution in [0, 0.1) is 17.3 Å². The Balaban J connectivity index is 1.82. The first-order chi connectivity index (χ1) is 12.1. The van der Waals surface area contributed by atoms with E-state index in [0.29, 0.717) is 0 Å². The molecule has 1 unspecified atom stereocenters. The molecule has 6 aliphatic rings. The molecule has 4 bridgehead atoms. The zero-order valence-electron chi connectivity index (χ0n) is 14.6. The van der Waals surface area contributed by atoms with Gasteiger partial charge in [0.2, 0.25) is 0 Å². The topological polar surface area (TPSA) is 59.0 Å². The number of esters is 1. The van der Waals surface area contributed by atoms with Gasteiger partial charge in [0.1, 0.15) is 5.66 Å². The summed E-state index contributed by atoms with van der Waals surface area (Å²) in [4.78, 5) is 32.8. The number of rotatable bonds is 1. The summed E-state index contributed by atoms with van der Waals surface area (Å²) in [5.74, 6) is -0.255. The molecule has 0 radical (unpaired) electrons. The van der Waals surface area contributed by atoms with E-state index in [2.05, 4.69) is 17.9 Å². The van der Waals surface area contributed by atoms with Crippen LogP contribution in [0.15, 0.2) is 40.4 Å². The average molecular weight is 338 g/mol. The van der Waals surface area contributed by atoms with Crippen molar-refractivity contribution < 1.29 is 14.3 Å². The highest BCUT2D eigenvalue weighted by molar-refractivity contribution is 6.22. The minimum atomic E-state index is -0.427. The fraction of sp³-hybridized carbons (Fsp3) is 0.550. The summed E-state index contributed by atoms with van der Waals surface area (Å²) in [6.45, 7) is 3.82. The molecule has 1 spiro atoms. The summed E-state index contributed by atoms with van der Waals surface area (Å²) in [7, 11) is 1.48. The molecule has 4 heterocycles. The number of methoxy groups -OCH3 is 1. The minimum Gasteiger partial charge on any atom is -0.469 e. The summed E-state index contributed by atoms with van der Waals surface area (Å²) in [6.07, 6.45) is 10.1. The standard InChI is InChI=1S/C20H22N2O3/c1-3-12-11-22-9-8-19-15-10-13(23)4-5-16(15)21-20(19,22)7-6-14(12)17(19)18(24)25-2/h3-5,10,14,17H,6-9,11H2,1-2H3/b12-3+/t14-,17-,19-,20-/m1/s1. The predicted molar refractivity (Wildman–Crippen MR) is 93.0 cm³/mol. The molecule has 3 saturated heterocycles. The second kappa shape index (κ2) is 4.79. The molecule has 0 aromatic rings. The molecule has 0 amide bonds. The van der Waals surface area contributed by atoms with Crippen LogP contribution >= 0.6 is 0 Å². The van der Waals surface area contributed by atoms with E-state index >= 15 is 0 Å². The van der Waals surface area contributed by atoms with Crippen LogP contribution in [0.1, 0.15) is 26.2 Å². The van der Waals surface area contributed by atoms with Gasteiger partial charge in [-0.2, -0.15) is 0 Å². The van der Waals surface area contributed by atoms with Gasteiger partial charge in [-0.25, -0.2) is 0 Å². The zero-order valence-corrected chi connectivity index (χ0v) is 14.6. The third-order valence-corrected chi connectivity index (χ3v) is 7.18. The molecule has 25 heavy (non-hydrogen) atoms. The first-order valence-corrected chi connectivity index (χ1v) is 9.10. The summed E-state index contributed by atoms with van der Waals surface area (Å²) < 4.78 is 5.28. The van der Waals surface area contributed by atoms with Crippen LogP contribution < -0.4 is 0 Å². The Hall–Kier alpha value is -2.01. The molecule has 0 N–H and O–H groups in total. The maximum absolute atomic E-state index is 13.0. The van der Waals surface area contributed by atoms with Crippen molar-refractivity contribution in [2.45, 2.75) is 31.8 Å². The lowest BCUT2D eigenvalue weighted by atomic mass is 9.53. The number of hydrogen-bond acceptors (Lipinski definition) is 5. The van der Waals surface area contributed by atoms with Crippen molar-refractivity contribution >= 4 is 17.5 Å². The second-order valence-electron chi connectivity index (χ2n) is 7.76. The molecule has 1 saturated carbocycles.